The van der Waals surface area contributed by atoms with Gasteiger partial charge in [0.05, 0.1) is 28.6 Å². The summed E-state index contributed by atoms with van der Waals surface area (Å²) >= 11 is 3.60. The van der Waals surface area contributed by atoms with Crippen LogP contribution in [0, 0.1) is 5.82 Å². The average Bonchev–Trinajstić information content (AvgIpc) is 3.06. The van der Waals surface area contributed by atoms with Gasteiger partial charge in [0.25, 0.3) is 0 Å². The fraction of sp³-hybridized carbons (Fsp3) is 0.515. The van der Waals surface area contributed by atoms with Gasteiger partial charge in [0.1, 0.15) is 19.0 Å². The number of nitrogens with zero attached hydrogens (tertiary/aromatic N) is 5. The number of anilines is 5. The topological polar surface area (TPSA) is 87.2 Å². The van der Waals surface area contributed by atoms with Crippen LogP contribution >= 0.6 is 23.9 Å². The number of hydrogen-bond acceptors (Lipinski definition) is 10. The lowest BCUT2D eigenvalue weighted by atomic mass is 9.99. The molecule has 13 heteroatoms. The van der Waals surface area contributed by atoms with Crippen LogP contribution < -0.4 is 35.0 Å². The first-order chi connectivity index (χ1) is 22.3. The molecule has 0 unspecified atom stereocenters. The minimum absolute atomic E-state index is 0.158. The number of ether oxygens (including phenoxy) is 3. The Labute approximate surface area is 280 Å². The number of halogens is 2. The van der Waals surface area contributed by atoms with Gasteiger partial charge in [-0.3, -0.25) is 4.90 Å². The van der Waals surface area contributed by atoms with Crippen molar-refractivity contribution in [3.63, 3.8) is 0 Å². The monoisotopic (exact) mass is 715 g/mol. The molecule has 2 saturated heterocycles. The van der Waals surface area contributed by atoms with Crippen LogP contribution in [-0.4, -0.2) is 106 Å². The van der Waals surface area contributed by atoms with E-state index in [4.69, 9.17) is 19.2 Å². The summed E-state index contributed by atoms with van der Waals surface area (Å²) in [4.78, 5) is 16.5. The van der Waals surface area contributed by atoms with Crippen molar-refractivity contribution in [2.24, 2.45) is 0 Å². The highest BCUT2D eigenvalue weighted by Gasteiger charge is 2.30. The molecule has 46 heavy (non-hydrogen) atoms. The van der Waals surface area contributed by atoms with E-state index in [1.807, 2.05) is 18.2 Å². The highest BCUT2D eigenvalue weighted by molar-refractivity contribution is 9.10. The number of nitrogens with one attached hydrogen (secondary N) is 2. The van der Waals surface area contributed by atoms with Gasteiger partial charge < -0.3 is 34.6 Å². The van der Waals surface area contributed by atoms with E-state index in [1.165, 1.54) is 7.11 Å². The molecule has 10 nitrogen and oxygen atoms in total. The van der Waals surface area contributed by atoms with Gasteiger partial charge in [-0.1, -0.05) is 14.8 Å². The van der Waals surface area contributed by atoms with Gasteiger partial charge in [0.15, 0.2) is 23.1 Å². The van der Waals surface area contributed by atoms with E-state index in [0.29, 0.717) is 53.3 Å². The molecule has 3 aliphatic heterocycles. The third-order valence-electron chi connectivity index (χ3n) is 9.07. The zero-order valence-electron chi connectivity index (χ0n) is 27.3. The van der Waals surface area contributed by atoms with Crippen molar-refractivity contribution >= 4 is 58.0 Å². The Morgan fingerprint density at radius 1 is 1.04 bits per heavy atom. The van der Waals surface area contributed by atoms with Gasteiger partial charge in [-0.2, -0.15) is 4.98 Å². The molecule has 0 atom stereocenters. The fourth-order valence-electron chi connectivity index (χ4n) is 6.63. The molecule has 0 aliphatic carbocycles. The minimum Gasteiger partial charge on any atom is -0.492 e. The van der Waals surface area contributed by atoms with Crippen LogP contribution in [0.3, 0.4) is 0 Å². The van der Waals surface area contributed by atoms with Crippen molar-refractivity contribution in [1.29, 1.82) is 0 Å². The predicted molar refractivity (Wildman–Crippen MR) is 189 cm³/mol. The SMILES string of the molecule is CCc1cc(Nc2ncc(Br)c(Nc3ccc4c(c3P(C)C)OCCO4)n2)c(OC)c(F)c1N1CCC(N2CCN(C)CC2)CC1. The number of hydrogen-bond donors (Lipinski definition) is 2. The van der Waals surface area contributed by atoms with Crippen LogP contribution in [-0.2, 0) is 6.42 Å². The second-order valence-corrected chi connectivity index (χ2v) is 15.3. The first-order valence-corrected chi connectivity index (χ1v) is 19.0. The van der Waals surface area contributed by atoms with E-state index in [2.05, 4.69) is 73.5 Å². The number of benzene rings is 2. The number of methoxy groups -OCH3 is 1. The zero-order valence-corrected chi connectivity index (χ0v) is 29.8. The smallest absolute Gasteiger partial charge is 0.229 e. The van der Waals surface area contributed by atoms with Gasteiger partial charge in [-0.15, -0.1) is 0 Å². The average molecular weight is 717 g/mol. The maximum atomic E-state index is 16.3. The number of rotatable bonds is 9. The molecule has 1 aromatic heterocycles. The Hall–Kier alpha value is -2.92. The van der Waals surface area contributed by atoms with Gasteiger partial charge in [-0.05, 0) is 79.3 Å². The lowest BCUT2D eigenvalue weighted by Crippen LogP contribution is -2.52. The van der Waals surface area contributed by atoms with Crippen molar-refractivity contribution in [3.05, 3.63) is 40.2 Å². The normalized spacial score (nSPS) is 17.8. The summed E-state index contributed by atoms with van der Waals surface area (Å²) in [5.41, 5.74) is 2.95. The molecule has 6 rings (SSSR count). The van der Waals surface area contributed by atoms with Crippen molar-refractivity contribution in [1.82, 2.24) is 19.8 Å². The molecular weight excluding hydrogens is 672 g/mol. The molecule has 4 heterocycles. The standard InChI is InChI=1S/C33H44BrFN7O3P/c1-6-21-19-25(29(43-3)27(35)28(21)42-11-9-22(10-12-42)41-15-13-40(2)14-16-41)38-33-36-20-23(34)32(39-33)37-24-7-8-26-30(31(24)46(4)5)45-18-17-44-26/h7-8,19-20,22H,6,9-18H2,1-5H3,(H2,36,37,38,39). The van der Waals surface area contributed by atoms with Crippen LogP contribution in [0.15, 0.2) is 28.9 Å². The second-order valence-electron chi connectivity index (χ2n) is 12.2. The van der Waals surface area contributed by atoms with Crippen molar-refractivity contribution in [3.8, 4) is 17.2 Å². The van der Waals surface area contributed by atoms with Gasteiger partial charge >= 0.3 is 0 Å². The summed E-state index contributed by atoms with van der Waals surface area (Å²) in [6.45, 7) is 13.6. The quantitative estimate of drug-likeness (QED) is 0.266. The maximum Gasteiger partial charge on any atom is 0.229 e. The van der Waals surface area contributed by atoms with E-state index < -0.39 is 7.92 Å². The molecule has 0 spiro atoms. The van der Waals surface area contributed by atoms with Gasteiger partial charge in [-0.25, -0.2) is 9.37 Å². The van der Waals surface area contributed by atoms with Gasteiger partial charge in [0, 0.05) is 56.8 Å². The Morgan fingerprint density at radius 2 is 1.78 bits per heavy atom. The lowest BCUT2D eigenvalue weighted by molar-refractivity contribution is 0.0981. The third kappa shape index (κ3) is 6.86. The van der Waals surface area contributed by atoms with E-state index in [1.54, 1.807) is 6.20 Å². The highest BCUT2D eigenvalue weighted by Crippen LogP contribution is 2.43. The summed E-state index contributed by atoms with van der Waals surface area (Å²) in [5, 5.41) is 7.79. The molecule has 2 aromatic carbocycles. The summed E-state index contributed by atoms with van der Waals surface area (Å²) in [6, 6.07) is 6.44. The minimum atomic E-state index is -0.525. The first-order valence-electron chi connectivity index (χ1n) is 16.0. The van der Waals surface area contributed by atoms with E-state index in [-0.39, 0.29) is 11.6 Å². The Balaban J connectivity index is 1.23. The summed E-state index contributed by atoms with van der Waals surface area (Å²) in [6.07, 6.45) is 4.42. The van der Waals surface area contributed by atoms with Crippen LogP contribution in [0.2, 0.25) is 0 Å². The number of likely N-dealkylation sites (N-methyl/N-ethyl adjacent to an activating group) is 1. The van der Waals surface area contributed by atoms with Crippen LogP contribution in [0.5, 0.6) is 17.2 Å². The summed E-state index contributed by atoms with van der Waals surface area (Å²) in [7, 11) is 3.17. The molecule has 3 aromatic rings. The molecule has 0 bridgehead atoms. The molecular formula is C33H44BrFN7O3P. The van der Waals surface area contributed by atoms with Crippen LogP contribution in [0.25, 0.3) is 0 Å². The first kappa shape index (κ1) is 33.0. The number of piperidine rings is 1. The van der Waals surface area contributed by atoms with Crippen LogP contribution in [0.4, 0.5) is 33.2 Å². The molecule has 248 valence electrons. The third-order valence-corrected chi connectivity index (χ3v) is 11.0. The van der Waals surface area contributed by atoms with Crippen molar-refractivity contribution in [2.45, 2.75) is 32.2 Å². The molecule has 3 aliphatic rings. The van der Waals surface area contributed by atoms with E-state index in [9.17, 15) is 0 Å². The molecule has 0 amide bonds. The molecule has 2 fully saturated rings. The molecule has 2 N–H and O–H groups in total. The van der Waals surface area contributed by atoms with E-state index in [0.717, 1.165) is 80.2 Å². The fourth-order valence-corrected chi connectivity index (χ4v) is 8.11. The largest absolute Gasteiger partial charge is 0.492 e. The predicted octanol–water partition coefficient (Wildman–Crippen LogP) is 5.79. The molecule has 0 saturated carbocycles. The van der Waals surface area contributed by atoms with Gasteiger partial charge in [0.2, 0.25) is 5.95 Å². The molecule has 0 radical (unpaired) electrons. The zero-order chi connectivity index (χ0) is 32.4. The number of aryl methyl sites for hydroxylation is 1. The maximum absolute atomic E-state index is 16.3. The number of piperazine rings is 1. The van der Waals surface area contributed by atoms with Crippen molar-refractivity contribution < 1.29 is 18.6 Å². The van der Waals surface area contributed by atoms with E-state index >= 15 is 4.39 Å². The second kappa shape index (κ2) is 14.5. The number of aromatic nitrogens is 2. The van der Waals surface area contributed by atoms with Crippen molar-refractivity contribution in [2.75, 3.05) is 95.5 Å². The number of fused-ring (bicyclic) bond motifs is 1. The Kier molecular flexibility index (Phi) is 10.4. The summed E-state index contributed by atoms with van der Waals surface area (Å²) < 4.78 is 34.5. The van der Waals surface area contributed by atoms with Crippen LogP contribution in [0.1, 0.15) is 25.3 Å². The Bertz CT molecular complexity index is 1550. The summed E-state index contributed by atoms with van der Waals surface area (Å²) in [5.74, 6) is 2.25. The Morgan fingerprint density at radius 3 is 2.48 bits per heavy atom. The highest BCUT2D eigenvalue weighted by atomic mass is 79.9. The lowest BCUT2D eigenvalue weighted by Gasteiger charge is -2.43.